The summed E-state index contributed by atoms with van der Waals surface area (Å²) >= 11 is 0. The molecule has 0 saturated heterocycles. The van der Waals surface area contributed by atoms with Gasteiger partial charge in [-0.15, -0.1) is 0 Å². The average molecular weight is 159 g/mol. The van der Waals surface area contributed by atoms with E-state index in [2.05, 4.69) is 10.3 Å². The van der Waals surface area contributed by atoms with Crippen LogP contribution < -0.4 is 5.32 Å². The molecule has 0 fully saturated rings. The number of para-hydroxylation sites is 2. The maximum atomic E-state index is 4.44. The predicted octanol–water partition coefficient (Wildman–Crippen LogP) is 2.76. The summed E-state index contributed by atoms with van der Waals surface area (Å²) in [5.74, 6) is 0. The highest BCUT2D eigenvalue weighted by atomic mass is 15.0. The van der Waals surface area contributed by atoms with Gasteiger partial charge in [-0.05, 0) is 26.0 Å². The summed E-state index contributed by atoms with van der Waals surface area (Å²) in [6.45, 7) is 4.05. The third kappa shape index (κ3) is 1.09. The minimum Gasteiger partial charge on any atom is -0.370 e. The van der Waals surface area contributed by atoms with Crippen molar-refractivity contribution < 1.29 is 0 Å². The summed E-state index contributed by atoms with van der Waals surface area (Å²) in [4.78, 5) is 4.44. The lowest BCUT2D eigenvalue weighted by Crippen LogP contribution is -2.17. The molecule has 0 aromatic heterocycles. The van der Waals surface area contributed by atoms with Crippen LogP contribution in [0.1, 0.15) is 13.8 Å². The molecule has 1 N–H and O–H groups in total. The fourth-order valence-corrected chi connectivity index (χ4v) is 1.23. The molecule has 0 amide bonds. The second kappa shape index (κ2) is 2.63. The Morgan fingerprint density at radius 3 is 2.75 bits per heavy atom. The van der Waals surface area contributed by atoms with Crippen molar-refractivity contribution in [2.24, 2.45) is 4.99 Å². The monoisotopic (exact) mass is 159 g/mol. The number of hydrogen-bond acceptors (Lipinski definition) is 2. The zero-order valence-electron chi connectivity index (χ0n) is 7.26. The number of hydrogen-bond donors (Lipinski definition) is 1. The van der Waals surface area contributed by atoms with Crippen LogP contribution in [0.4, 0.5) is 11.4 Å². The largest absolute Gasteiger partial charge is 0.370 e. The normalized spacial score (nSPS) is 16.3. The molecule has 61 valence electrons. The van der Waals surface area contributed by atoms with Crippen LogP contribution >= 0.6 is 0 Å². The standard InChI is InChI=1S/C10H11N2/c1-7-8(2)12-10-6-4-3-5-9(10)11-7/h3-6,11H,1-2H3. The summed E-state index contributed by atoms with van der Waals surface area (Å²) in [6, 6.07) is 9.19. The summed E-state index contributed by atoms with van der Waals surface area (Å²) in [7, 11) is 0. The molecule has 1 aliphatic rings. The fourth-order valence-electron chi connectivity index (χ4n) is 1.23. The highest BCUT2D eigenvalue weighted by molar-refractivity contribution is 6.02. The van der Waals surface area contributed by atoms with Gasteiger partial charge in [0.1, 0.15) is 6.04 Å². The SMILES string of the molecule is C[C]1Nc2ccccc2N=C1C. The van der Waals surface area contributed by atoms with Crippen molar-refractivity contribution >= 4 is 17.1 Å². The van der Waals surface area contributed by atoms with Crippen molar-refractivity contribution in [2.45, 2.75) is 13.8 Å². The third-order valence-electron chi connectivity index (χ3n) is 2.06. The highest BCUT2D eigenvalue weighted by Crippen LogP contribution is 2.30. The van der Waals surface area contributed by atoms with Crippen LogP contribution in [-0.4, -0.2) is 5.71 Å². The molecule has 0 unspecified atom stereocenters. The van der Waals surface area contributed by atoms with Gasteiger partial charge in [-0.25, -0.2) is 0 Å². The molecule has 0 aliphatic carbocycles. The predicted molar refractivity (Wildman–Crippen MR) is 51.8 cm³/mol. The van der Waals surface area contributed by atoms with Gasteiger partial charge < -0.3 is 5.32 Å². The molecule has 0 bridgehead atoms. The van der Waals surface area contributed by atoms with Gasteiger partial charge in [-0.1, -0.05) is 12.1 Å². The van der Waals surface area contributed by atoms with Crippen molar-refractivity contribution in [1.82, 2.24) is 0 Å². The molecule has 2 nitrogen and oxygen atoms in total. The van der Waals surface area contributed by atoms with E-state index in [1.165, 1.54) is 0 Å². The lowest BCUT2D eigenvalue weighted by atomic mass is 10.1. The van der Waals surface area contributed by atoms with Crippen molar-refractivity contribution in [3.05, 3.63) is 30.3 Å². The smallest absolute Gasteiger partial charge is 0.101 e. The van der Waals surface area contributed by atoms with Crippen molar-refractivity contribution in [3.63, 3.8) is 0 Å². The van der Waals surface area contributed by atoms with Gasteiger partial charge in [0.05, 0.1) is 11.4 Å². The number of fused-ring (bicyclic) bond motifs is 1. The van der Waals surface area contributed by atoms with Crippen molar-refractivity contribution in [2.75, 3.05) is 5.32 Å². The number of rotatable bonds is 0. The number of aliphatic imine (C=N–C) groups is 1. The van der Waals surface area contributed by atoms with E-state index in [0.29, 0.717) is 0 Å². The fraction of sp³-hybridized carbons (Fsp3) is 0.200. The maximum Gasteiger partial charge on any atom is 0.101 e. The Morgan fingerprint density at radius 1 is 1.17 bits per heavy atom. The number of nitrogens with zero attached hydrogens (tertiary/aromatic N) is 1. The summed E-state index contributed by atoms with van der Waals surface area (Å²) in [5, 5.41) is 3.30. The molecule has 2 rings (SSSR count). The van der Waals surface area contributed by atoms with E-state index < -0.39 is 0 Å². The first-order valence-corrected chi connectivity index (χ1v) is 4.02. The van der Waals surface area contributed by atoms with E-state index in [4.69, 9.17) is 0 Å². The second-order valence-corrected chi connectivity index (χ2v) is 2.96. The van der Waals surface area contributed by atoms with Crippen molar-refractivity contribution in [1.29, 1.82) is 0 Å². The van der Waals surface area contributed by atoms with Gasteiger partial charge in [0.2, 0.25) is 0 Å². The Labute approximate surface area is 72.3 Å². The van der Waals surface area contributed by atoms with Crippen LogP contribution in [-0.2, 0) is 0 Å². The molecule has 0 atom stereocenters. The lowest BCUT2D eigenvalue weighted by Gasteiger charge is -2.20. The van der Waals surface area contributed by atoms with E-state index in [0.717, 1.165) is 23.1 Å². The van der Waals surface area contributed by atoms with E-state index in [-0.39, 0.29) is 0 Å². The Balaban J connectivity index is 2.49. The molecule has 0 spiro atoms. The quantitative estimate of drug-likeness (QED) is 0.618. The molecule has 1 aliphatic heterocycles. The van der Waals surface area contributed by atoms with Gasteiger partial charge in [0.25, 0.3) is 0 Å². The zero-order valence-corrected chi connectivity index (χ0v) is 7.26. The Hall–Kier alpha value is -1.31. The molecule has 2 heteroatoms. The van der Waals surface area contributed by atoms with Crippen LogP contribution in [0.25, 0.3) is 0 Å². The minimum atomic E-state index is 1.03. The van der Waals surface area contributed by atoms with E-state index in [1.807, 2.05) is 38.1 Å². The average Bonchev–Trinajstić information content (AvgIpc) is 2.07. The zero-order chi connectivity index (χ0) is 8.55. The first kappa shape index (κ1) is 7.35. The molecule has 1 radical (unpaired) electrons. The Morgan fingerprint density at radius 2 is 1.92 bits per heavy atom. The van der Waals surface area contributed by atoms with Crippen molar-refractivity contribution in [3.8, 4) is 0 Å². The Kier molecular flexibility index (Phi) is 1.61. The minimum absolute atomic E-state index is 1.03. The molecule has 1 aromatic rings. The molecule has 12 heavy (non-hydrogen) atoms. The van der Waals surface area contributed by atoms with Gasteiger partial charge in [0.15, 0.2) is 0 Å². The van der Waals surface area contributed by atoms with Gasteiger partial charge in [-0.2, -0.15) is 0 Å². The number of nitrogens with one attached hydrogen (secondary N) is 1. The van der Waals surface area contributed by atoms with Gasteiger partial charge >= 0.3 is 0 Å². The van der Waals surface area contributed by atoms with Crippen LogP contribution in [0.2, 0.25) is 0 Å². The third-order valence-corrected chi connectivity index (χ3v) is 2.06. The van der Waals surface area contributed by atoms with Crippen LogP contribution in [0.5, 0.6) is 0 Å². The topological polar surface area (TPSA) is 24.4 Å². The van der Waals surface area contributed by atoms with E-state index in [9.17, 15) is 0 Å². The second-order valence-electron chi connectivity index (χ2n) is 2.96. The molecule has 0 saturated carbocycles. The summed E-state index contributed by atoms with van der Waals surface area (Å²) in [6.07, 6.45) is 0. The Bertz CT molecular complexity index is 328. The number of benzene rings is 1. The van der Waals surface area contributed by atoms with E-state index >= 15 is 0 Å². The van der Waals surface area contributed by atoms with Crippen LogP contribution in [0.3, 0.4) is 0 Å². The van der Waals surface area contributed by atoms with Crippen LogP contribution in [0.15, 0.2) is 29.3 Å². The van der Waals surface area contributed by atoms with Crippen LogP contribution in [0, 0.1) is 6.04 Å². The summed E-state index contributed by atoms with van der Waals surface area (Å²) in [5.41, 5.74) is 3.19. The first-order chi connectivity index (χ1) is 5.77. The van der Waals surface area contributed by atoms with E-state index in [1.54, 1.807) is 0 Å². The summed E-state index contributed by atoms with van der Waals surface area (Å²) < 4.78 is 0. The molecular weight excluding hydrogens is 148 g/mol. The molecule has 1 heterocycles. The lowest BCUT2D eigenvalue weighted by molar-refractivity contribution is 1.20. The van der Waals surface area contributed by atoms with Gasteiger partial charge in [0, 0.05) is 5.71 Å². The first-order valence-electron chi connectivity index (χ1n) is 4.02. The molecular formula is C10H11N2. The maximum absolute atomic E-state index is 4.44. The van der Waals surface area contributed by atoms with Gasteiger partial charge in [-0.3, -0.25) is 4.99 Å². The molecule has 1 aromatic carbocycles. The number of anilines is 1. The highest BCUT2D eigenvalue weighted by Gasteiger charge is 2.14.